The number of benzene rings is 2. The highest BCUT2D eigenvalue weighted by Gasteiger charge is 2.37. The van der Waals surface area contributed by atoms with Crippen molar-refractivity contribution in [2.75, 3.05) is 13.1 Å². The van der Waals surface area contributed by atoms with Gasteiger partial charge in [-0.25, -0.2) is 4.39 Å². The number of nitrogens with zero attached hydrogens (tertiary/aromatic N) is 1. The van der Waals surface area contributed by atoms with E-state index in [-0.39, 0.29) is 36.6 Å². The molecule has 0 radical (unpaired) electrons. The molecule has 0 bridgehead atoms. The summed E-state index contributed by atoms with van der Waals surface area (Å²) in [5.41, 5.74) is 7.25. The van der Waals surface area contributed by atoms with Gasteiger partial charge in [0.2, 0.25) is 17.7 Å². The highest BCUT2D eigenvalue weighted by molar-refractivity contribution is 5.89. The number of likely N-dealkylation sites (tertiary alicyclic amines) is 1. The Morgan fingerprint density at radius 1 is 1.17 bits per heavy atom. The molecule has 3 amide bonds. The second-order valence-corrected chi connectivity index (χ2v) is 7.71. The lowest BCUT2D eigenvalue weighted by molar-refractivity contribution is -0.130. The Hall–Kier alpha value is -3.22. The average molecular weight is 411 g/mol. The fourth-order valence-corrected chi connectivity index (χ4v) is 3.74. The largest absolute Gasteiger partial charge is 0.369 e. The van der Waals surface area contributed by atoms with Crippen molar-refractivity contribution >= 4 is 17.7 Å². The molecular formula is C23H26FN3O3. The maximum absolute atomic E-state index is 13.1. The maximum atomic E-state index is 13.1. The van der Waals surface area contributed by atoms with E-state index in [0.29, 0.717) is 13.0 Å². The first-order chi connectivity index (χ1) is 14.3. The van der Waals surface area contributed by atoms with Crippen LogP contribution in [0, 0.1) is 17.7 Å². The van der Waals surface area contributed by atoms with Crippen LogP contribution in [0.2, 0.25) is 0 Å². The summed E-state index contributed by atoms with van der Waals surface area (Å²) in [5, 5.41) is 2.76. The van der Waals surface area contributed by atoms with Gasteiger partial charge < -0.3 is 16.0 Å². The summed E-state index contributed by atoms with van der Waals surface area (Å²) >= 11 is 0. The van der Waals surface area contributed by atoms with Crippen LogP contribution in [0.1, 0.15) is 30.5 Å². The van der Waals surface area contributed by atoms with E-state index in [1.54, 1.807) is 17.0 Å². The topological polar surface area (TPSA) is 92.5 Å². The first-order valence-electron chi connectivity index (χ1n) is 10.0. The zero-order valence-electron chi connectivity index (χ0n) is 16.9. The summed E-state index contributed by atoms with van der Waals surface area (Å²) in [6.45, 7) is 2.35. The van der Waals surface area contributed by atoms with Crippen LogP contribution in [-0.2, 0) is 20.8 Å². The fraction of sp³-hybridized carbons (Fsp3) is 0.348. The lowest BCUT2D eigenvalue weighted by atomic mass is 9.98. The zero-order valence-corrected chi connectivity index (χ0v) is 16.9. The molecule has 1 heterocycles. The van der Waals surface area contributed by atoms with Crippen molar-refractivity contribution < 1.29 is 18.8 Å². The third-order valence-electron chi connectivity index (χ3n) is 5.60. The van der Waals surface area contributed by atoms with Crippen LogP contribution in [0.5, 0.6) is 0 Å². The molecule has 2 aromatic rings. The predicted octanol–water partition coefficient (Wildman–Crippen LogP) is 2.20. The third kappa shape index (κ3) is 5.23. The van der Waals surface area contributed by atoms with Gasteiger partial charge in [0.25, 0.3) is 0 Å². The van der Waals surface area contributed by atoms with Crippen LogP contribution < -0.4 is 11.1 Å². The SMILES string of the molecule is CC(c1ccccc1)N1CC(C(=O)NCC(Cc2ccc(F)cc2)C(N)=O)CC1=O. The fourth-order valence-electron chi connectivity index (χ4n) is 3.74. The number of carbonyl (C=O) groups is 3. The Kier molecular flexibility index (Phi) is 6.82. The van der Waals surface area contributed by atoms with Crippen LogP contribution >= 0.6 is 0 Å². The molecule has 2 aromatic carbocycles. The van der Waals surface area contributed by atoms with E-state index < -0.39 is 17.7 Å². The number of rotatable bonds is 8. The molecule has 3 N–H and O–H groups in total. The summed E-state index contributed by atoms with van der Waals surface area (Å²) in [5.74, 6) is -2.32. The van der Waals surface area contributed by atoms with Crippen molar-refractivity contribution in [3.05, 3.63) is 71.5 Å². The van der Waals surface area contributed by atoms with Crippen LogP contribution in [0.25, 0.3) is 0 Å². The van der Waals surface area contributed by atoms with Crippen LogP contribution in [0.3, 0.4) is 0 Å². The first-order valence-corrected chi connectivity index (χ1v) is 10.0. The number of primary amides is 1. The van der Waals surface area contributed by atoms with E-state index >= 15 is 0 Å². The van der Waals surface area contributed by atoms with Crippen LogP contribution in [0.15, 0.2) is 54.6 Å². The normalized spacial score (nSPS) is 18.1. The van der Waals surface area contributed by atoms with Crippen molar-refractivity contribution in [3.63, 3.8) is 0 Å². The van der Waals surface area contributed by atoms with E-state index in [0.717, 1.165) is 11.1 Å². The van der Waals surface area contributed by atoms with Gasteiger partial charge in [0.05, 0.1) is 17.9 Å². The van der Waals surface area contributed by atoms with Gasteiger partial charge in [-0.15, -0.1) is 0 Å². The number of amides is 3. The monoisotopic (exact) mass is 411 g/mol. The Morgan fingerprint density at radius 2 is 1.83 bits per heavy atom. The number of nitrogens with two attached hydrogens (primary N) is 1. The number of carbonyl (C=O) groups excluding carboxylic acids is 3. The summed E-state index contributed by atoms with van der Waals surface area (Å²) in [7, 11) is 0. The zero-order chi connectivity index (χ0) is 21.7. The lowest BCUT2D eigenvalue weighted by Crippen LogP contribution is -2.40. The molecule has 3 atom stereocenters. The Balaban J connectivity index is 1.56. The van der Waals surface area contributed by atoms with E-state index in [4.69, 9.17) is 5.73 Å². The molecule has 1 saturated heterocycles. The van der Waals surface area contributed by atoms with Gasteiger partial charge in [-0.3, -0.25) is 14.4 Å². The minimum absolute atomic E-state index is 0.0655. The molecule has 7 heteroatoms. The van der Waals surface area contributed by atoms with Gasteiger partial charge in [-0.05, 0) is 36.6 Å². The number of halogens is 1. The minimum atomic E-state index is -0.615. The van der Waals surface area contributed by atoms with Gasteiger partial charge in [-0.2, -0.15) is 0 Å². The van der Waals surface area contributed by atoms with Gasteiger partial charge in [0.1, 0.15) is 5.82 Å². The summed E-state index contributed by atoms with van der Waals surface area (Å²) < 4.78 is 13.1. The number of hydrogen-bond donors (Lipinski definition) is 2. The van der Waals surface area contributed by atoms with E-state index in [9.17, 15) is 18.8 Å². The molecule has 0 aromatic heterocycles. The molecule has 1 fully saturated rings. The summed E-state index contributed by atoms with van der Waals surface area (Å²) in [4.78, 5) is 38.6. The highest BCUT2D eigenvalue weighted by Crippen LogP contribution is 2.28. The van der Waals surface area contributed by atoms with Crippen molar-refractivity contribution in [2.45, 2.75) is 25.8 Å². The second kappa shape index (κ2) is 9.52. The molecule has 0 aliphatic carbocycles. The molecule has 3 rings (SSSR count). The van der Waals surface area contributed by atoms with Gasteiger partial charge >= 0.3 is 0 Å². The van der Waals surface area contributed by atoms with Gasteiger partial charge in [-0.1, -0.05) is 42.5 Å². The molecular weight excluding hydrogens is 385 g/mol. The van der Waals surface area contributed by atoms with Crippen molar-refractivity contribution in [1.29, 1.82) is 0 Å². The summed E-state index contributed by atoms with van der Waals surface area (Å²) in [6, 6.07) is 15.4. The maximum Gasteiger partial charge on any atom is 0.225 e. The average Bonchev–Trinajstić information content (AvgIpc) is 3.13. The van der Waals surface area contributed by atoms with Gasteiger partial charge in [0.15, 0.2) is 0 Å². The quantitative estimate of drug-likeness (QED) is 0.697. The minimum Gasteiger partial charge on any atom is -0.369 e. The third-order valence-corrected chi connectivity index (χ3v) is 5.60. The van der Waals surface area contributed by atoms with Gasteiger partial charge in [0, 0.05) is 19.5 Å². The summed E-state index contributed by atoms with van der Waals surface area (Å²) in [6.07, 6.45) is 0.443. The molecule has 3 unspecified atom stereocenters. The predicted molar refractivity (Wildman–Crippen MR) is 110 cm³/mol. The molecule has 30 heavy (non-hydrogen) atoms. The smallest absolute Gasteiger partial charge is 0.225 e. The Morgan fingerprint density at radius 3 is 2.47 bits per heavy atom. The molecule has 1 aliphatic heterocycles. The second-order valence-electron chi connectivity index (χ2n) is 7.71. The van der Waals surface area contributed by atoms with E-state index in [1.165, 1.54) is 12.1 Å². The highest BCUT2D eigenvalue weighted by atomic mass is 19.1. The first kappa shape index (κ1) is 21.5. The molecule has 0 spiro atoms. The molecule has 6 nitrogen and oxygen atoms in total. The van der Waals surface area contributed by atoms with Crippen molar-refractivity contribution in [3.8, 4) is 0 Å². The standard InChI is InChI=1S/C23H26FN3O3/c1-15(17-5-3-2-4-6-17)27-14-19(12-21(27)28)23(30)26-13-18(22(25)29)11-16-7-9-20(24)10-8-16/h2-10,15,18-19H,11-14H2,1H3,(H2,25,29)(H,26,30). The lowest BCUT2D eigenvalue weighted by Gasteiger charge is -2.25. The Bertz CT molecular complexity index is 902. The molecule has 158 valence electrons. The van der Waals surface area contributed by atoms with Crippen LogP contribution in [0.4, 0.5) is 4.39 Å². The Labute approximate surface area is 175 Å². The number of hydrogen-bond acceptors (Lipinski definition) is 3. The number of nitrogens with one attached hydrogen (secondary N) is 1. The van der Waals surface area contributed by atoms with Crippen molar-refractivity contribution in [2.24, 2.45) is 17.6 Å². The molecule has 0 saturated carbocycles. The van der Waals surface area contributed by atoms with Crippen molar-refractivity contribution in [1.82, 2.24) is 10.2 Å². The molecule has 1 aliphatic rings. The van der Waals surface area contributed by atoms with E-state index in [2.05, 4.69) is 5.32 Å². The van der Waals surface area contributed by atoms with E-state index in [1.807, 2.05) is 37.3 Å². The van der Waals surface area contributed by atoms with Crippen LogP contribution in [-0.4, -0.2) is 35.7 Å².